The van der Waals surface area contributed by atoms with Crippen molar-refractivity contribution in [3.8, 4) is 0 Å². The summed E-state index contributed by atoms with van der Waals surface area (Å²) in [5, 5.41) is 2.75. The Morgan fingerprint density at radius 2 is 1.60 bits per heavy atom. The molecule has 0 atom stereocenters. The number of carbonyl (C=O) groups excluding carboxylic acids is 1. The number of benzene rings is 1. The maximum absolute atomic E-state index is 13.9. The molecule has 0 aliphatic heterocycles. The number of hydrogen-bond donors (Lipinski definition) is 1. The quantitative estimate of drug-likeness (QED) is 0.735. The number of fused-ring (bicyclic) bond motifs is 2. The van der Waals surface area contributed by atoms with E-state index in [0.29, 0.717) is 6.41 Å². The van der Waals surface area contributed by atoms with Crippen LogP contribution in [0.15, 0.2) is 0 Å². The van der Waals surface area contributed by atoms with Crippen molar-refractivity contribution in [2.45, 2.75) is 32.1 Å². The highest BCUT2D eigenvalue weighted by Gasteiger charge is 2.30. The van der Waals surface area contributed by atoms with Gasteiger partial charge in [-0.2, -0.15) is 0 Å². The second kappa shape index (κ2) is 3.05. The SMILES string of the molecule is O=CNc1c2c(c(F)c3c1CC3)CCC2. The molecule has 3 heteroatoms. The van der Waals surface area contributed by atoms with Crippen molar-refractivity contribution in [3.63, 3.8) is 0 Å². The Bertz CT molecular complexity index is 454. The predicted octanol–water partition coefficient (Wildman–Crippen LogP) is 1.98. The summed E-state index contributed by atoms with van der Waals surface area (Å²) in [5.41, 5.74) is 4.65. The molecule has 1 aromatic carbocycles. The molecule has 0 unspecified atom stereocenters. The zero-order valence-electron chi connectivity index (χ0n) is 8.40. The van der Waals surface area contributed by atoms with E-state index >= 15 is 0 Å². The van der Waals surface area contributed by atoms with Gasteiger partial charge in [-0.1, -0.05) is 0 Å². The first-order valence-electron chi connectivity index (χ1n) is 5.38. The van der Waals surface area contributed by atoms with Gasteiger partial charge in [-0.25, -0.2) is 4.39 Å². The molecule has 0 saturated carbocycles. The molecule has 0 saturated heterocycles. The summed E-state index contributed by atoms with van der Waals surface area (Å²) in [6, 6.07) is 0. The van der Waals surface area contributed by atoms with E-state index in [1.165, 1.54) is 0 Å². The van der Waals surface area contributed by atoms with Crippen molar-refractivity contribution in [3.05, 3.63) is 28.1 Å². The largest absolute Gasteiger partial charge is 0.328 e. The van der Waals surface area contributed by atoms with Crippen LogP contribution in [0.2, 0.25) is 0 Å². The fourth-order valence-corrected chi connectivity index (χ4v) is 2.75. The Hall–Kier alpha value is -1.38. The number of rotatable bonds is 2. The minimum atomic E-state index is 0.000184. The Kier molecular flexibility index (Phi) is 1.81. The van der Waals surface area contributed by atoms with Gasteiger partial charge in [-0.05, 0) is 54.4 Å². The van der Waals surface area contributed by atoms with E-state index in [-0.39, 0.29) is 5.82 Å². The minimum absolute atomic E-state index is 0.000184. The van der Waals surface area contributed by atoms with Gasteiger partial charge in [0.05, 0.1) is 0 Å². The van der Waals surface area contributed by atoms with Crippen LogP contribution in [0.4, 0.5) is 10.1 Å². The van der Waals surface area contributed by atoms with Gasteiger partial charge >= 0.3 is 0 Å². The minimum Gasteiger partial charge on any atom is -0.328 e. The lowest BCUT2D eigenvalue weighted by Crippen LogP contribution is -2.18. The van der Waals surface area contributed by atoms with Gasteiger partial charge < -0.3 is 5.32 Å². The van der Waals surface area contributed by atoms with E-state index in [9.17, 15) is 9.18 Å². The number of carbonyl (C=O) groups is 1. The standard InChI is InChI=1S/C12H12FNO/c13-11-7-2-1-3-9(7)12(14-6-15)10-5-4-8(10)11/h6H,1-5H2,(H,14,15). The van der Waals surface area contributed by atoms with Crippen LogP contribution in [0.5, 0.6) is 0 Å². The molecular weight excluding hydrogens is 193 g/mol. The number of hydrogen-bond acceptors (Lipinski definition) is 1. The first kappa shape index (κ1) is 8.89. The summed E-state index contributed by atoms with van der Waals surface area (Å²) in [6.07, 6.45) is 5.14. The molecule has 0 heterocycles. The van der Waals surface area contributed by atoms with Crippen molar-refractivity contribution >= 4 is 12.1 Å². The monoisotopic (exact) mass is 205 g/mol. The van der Waals surface area contributed by atoms with E-state index in [2.05, 4.69) is 5.32 Å². The smallest absolute Gasteiger partial charge is 0.211 e. The predicted molar refractivity (Wildman–Crippen MR) is 55.5 cm³/mol. The highest BCUT2D eigenvalue weighted by atomic mass is 19.1. The van der Waals surface area contributed by atoms with Crippen LogP contribution in [0.25, 0.3) is 0 Å². The maximum atomic E-state index is 13.9. The lowest BCUT2D eigenvalue weighted by molar-refractivity contribution is -0.105. The molecule has 1 N–H and O–H groups in total. The van der Waals surface area contributed by atoms with Gasteiger partial charge in [0.25, 0.3) is 0 Å². The summed E-state index contributed by atoms with van der Waals surface area (Å²) in [5.74, 6) is 0.000184. The van der Waals surface area contributed by atoms with Gasteiger partial charge in [-0.15, -0.1) is 0 Å². The number of amides is 1. The fraction of sp³-hybridized carbons (Fsp3) is 0.417. The Balaban J connectivity index is 2.25. The Morgan fingerprint density at radius 1 is 1.00 bits per heavy atom. The molecule has 78 valence electrons. The number of anilines is 1. The molecule has 0 bridgehead atoms. The van der Waals surface area contributed by atoms with Crippen LogP contribution < -0.4 is 5.32 Å². The normalized spacial score (nSPS) is 16.6. The third-order valence-corrected chi connectivity index (χ3v) is 3.54. The molecule has 0 spiro atoms. The second-order valence-corrected chi connectivity index (χ2v) is 4.22. The lowest BCUT2D eigenvalue weighted by Gasteiger charge is -2.26. The molecular formula is C12H12FNO. The average molecular weight is 205 g/mol. The van der Waals surface area contributed by atoms with Crippen molar-refractivity contribution in [1.82, 2.24) is 0 Å². The second-order valence-electron chi connectivity index (χ2n) is 4.22. The van der Waals surface area contributed by atoms with Crippen LogP contribution in [-0.2, 0) is 30.5 Å². The summed E-state index contributed by atoms with van der Waals surface area (Å²) >= 11 is 0. The third kappa shape index (κ3) is 1.06. The molecule has 3 rings (SSSR count). The van der Waals surface area contributed by atoms with E-state index in [4.69, 9.17) is 0 Å². The van der Waals surface area contributed by atoms with Gasteiger partial charge in [0, 0.05) is 5.69 Å². The van der Waals surface area contributed by atoms with Crippen molar-refractivity contribution in [1.29, 1.82) is 0 Å². The zero-order valence-corrected chi connectivity index (χ0v) is 8.40. The molecule has 2 nitrogen and oxygen atoms in total. The van der Waals surface area contributed by atoms with Crippen LogP contribution >= 0.6 is 0 Å². The fourth-order valence-electron chi connectivity index (χ4n) is 2.75. The number of nitrogens with one attached hydrogen (secondary N) is 1. The molecule has 15 heavy (non-hydrogen) atoms. The Morgan fingerprint density at radius 3 is 2.27 bits per heavy atom. The first-order chi connectivity index (χ1) is 7.33. The van der Waals surface area contributed by atoms with Gasteiger partial charge in [0.15, 0.2) is 0 Å². The van der Waals surface area contributed by atoms with E-state index in [1.807, 2.05) is 0 Å². The lowest BCUT2D eigenvalue weighted by atomic mass is 9.83. The molecule has 0 fully saturated rings. The molecule has 1 amide bonds. The summed E-state index contributed by atoms with van der Waals surface area (Å²) in [7, 11) is 0. The van der Waals surface area contributed by atoms with Crippen LogP contribution in [0.1, 0.15) is 28.7 Å². The summed E-state index contributed by atoms with van der Waals surface area (Å²) in [4.78, 5) is 10.5. The van der Waals surface area contributed by atoms with Crippen LogP contribution in [0.3, 0.4) is 0 Å². The summed E-state index contributed by atoms with van der Waals surface area (Å²) < 4.78 is 13.9. The van der Waals surface area contributed by atoms with E-state index in [0.717, 1.165) is 60.0 Å². The zero-order chi connectivity index (χ0) is 10.4. The average Bonchev–Trinajstić information content (AvgIpc) is 2.62. The van der Waals surface area contributed by atoms with Crippen LogP contribution in [-0.4, -0.2) is 6.41 Å². The van der Waals surface area contributed by atoms with E-state index in [1.54, 1.807) is 0 Å². The first-order valence-corrected chi connectivity index (χ1v) is 5.38. The summed E-state index contributed by atoms with van der Waals surface area (Å²) in [6.45, 7) is 0. The van der Waals surface area contributed by atoms with E-state index < -0.39 is 0 Å². The molecule has 0 radical (unpaired) electrons. The topological polar surface area (TPSA) is 29.1 Å². The highest BCUT2D eigenvalue weighted by Crippen LogP contribution is 2.41. The molecule has 2 aliphatic carbocycles. The maximum Gasteiger partial charge on any atom is 0.211 e. The molecule has 2 aliphatic rings. The van der Waals surface area contributed by atoms with Crippen molar-refractivity contribution in [2.75, 3.05) is 5.32 Å². The molecule has 0 aromatic heterocycles. The van der Waals surface area contributed by atoms with Gasteiger partial charge in [0.1, 0.15) is 5.82 Å². The highest BCUT2D eigenvalue weighted by molar-refractivity contribution is 5.79. The third-order valence-electron chi connectivity index (χ3n) is 3.54. The van der Waals surface area contributed by atoms with Crippen molar-refractivity contribution in [2.24, 2.45) is 0 Å². The Labute approximate surface area is 87.5 Å². The molecule has 1 aromatic rings. The van der Waals surface area contributed by atoms with Crippen molar-refractivity contribution < 1.29 is 9.18 Å². The van der Waals surface area contributed by atoms with Crippen LogP contribution in [0, 0.1) is 5.82 Å². The van der Waals surface area contributed by atoms with Gasteiger partial charge in [-0.3, -0.25) is 4.79 Å². The number of halogens is 1. The van der Waals surface area contributed by atoms with Gasteiger partial charge in [0.2, 0.25) is 6.41 Å².